The first kappa shape index (κ1) is 14.2. The summed E-state index contributed by atoms with van der Waals surface area (Å²) in [5, 5.41) is 6.10. The number of halogens is 1. The van der Waals surface area contributed by atoms with Gasteiger partial charge in [0.2, 0.25) is 0 Å². The monoisotopic (exact) mass is 303 g/mol. The summed E-state index contributed by atoms with van der Waals surface area (Å²) in [5.41, 5.74) is 9.06. The topological polar surface area (TPSA) is 57.0 Å². The van der Waals surface area contributed by atoms with Gasteiger partial charge in [0.15, 0.2) is 5.58 Å². The predicted molar refractivity (Wildman–Crippen MR) is 84.5 cm³/mol. The fourth-order valence-electron chi connectivity index (χ4n) is 2.51. The van der Waals surface area contributed by atoms with Crippen molar-refractivity contribution in [1.29, 1.82) is 0 Å². The van der Waals surface area contributed by atoms with Gasteiger partial charge in [-0.3, -0.25) is 4.68 Å². The Morgan fingerprint density at radius 3 is 2.81 bits per heavy atom. The molecule has 0 bridgehead atoms. The molecule has 0 fully saturated rings. The molecule has 110 valence electrons. The Morgan fingerprint density at radius 1 is 1.33 bits per heavy atom. The number of rotatable bonds is 4. The van der Waals surface area contributed by atoms with E-state index in [2.05, 4.69) is 18.9 Å². The Balaban J connectivity index is 2.05. The summed E-state index contributed by atoms with van der Waals surface area (Å²) in [6, 6.07) is 9.33. The molecule has 1 aromatic carbocycles. The third-order valence-electron chi connectivity index (χ3n) is 3.66. The minimum Gasteiger partial charge on any atom is -0.457 e. The summed E-state index contributed by atoms with van der Waals surface area (Å²) in [6.45, 7) is 4.92. The van der Waals surface area contributed by atoms with E-state index < -0.39 is 0 Å². The van der Waals surface area contributed by atoms with Crippen LogP contribution in [0.1, 0.15) is 37.0 Å². The van der Waals surface area contributed by atoms with Crippen molar-refractivity contribution < 1.29 is 4.42 Å². The maximum atomic E-state index is 6.38. The Hall–Kier alpha value is -1.78. The van der Waals surface area contributed by atoms with E-state index in [1.165, 1.54) is 0 Å². The van der Waals surface area contributed by atoms with E-state index in [1.807, 2.05) is 35.0 Å². The van der Waals surface area contributed by atoms with Crippen LogP contribution in [0.5, 0.6) is 0 Å². The van der Waals surface area contributed by atoms with Crippen molar-refractivity contribution in [2.45, 2.75) is 32.9 Å². The zero-order valence-corrected chi connectivity index (χ0v) is 12.9. The molecule has 0 radical (unpaired) electrons. The average molecular weight is 304 g/mol. The van der Waals surface area contributed by atoms with Crippen molar-refractivity contribution in [3.8, 4) is 0 Å². The van der Waals surface area contributed by atoms with Gasteiger partial charge in [0, 0.05) is 11.9 Å². The summed E-state index contributed by atoms with van der Waals surface area (Å²) < 4.78 is 7.79. The zero-order chi connectivity index (χ0) is 15.0. The molecule has 4 nitrogen and oxygen atoms in total. The number of furan rings is 1. The molecule has 3 aromatic rings. The molecule has 0 spiro atoms. The third-order valence-corrected chi connectivity index (χ3v) is 3.96. The Bertz CT molecular complexity index is 775. The van der Waals surface area contributed by atoms with Crippen molar-refractivity contribution in [3.05, 3.63) is 52.5 Å². The molecule has 0 aliphatic rings. The molecule has 2 heterocycles. The number of aromatic nitrogens is 2. The van der Waals surface area contributed by atoms with Crippen LogP contribution in [0, 0.1) is 0 Å². The van der Waals surface area contributed by atoms with Gasteiger partial charge in [-0.25, -0.2) is 0 Å². The van der Waals surface area contributed by atoms with Gasteiger partial charge in [-0.2, -0.15) is 5.10 Å². The number of para-hydroxylation sites is 1. The zero-order valence-electron chi connectivity index (χ0n) is 12.1. The van der Waals surface area contributed by atoms with E-state index in [9.17, 15) is 0 Å². The van der Waals surface area contributed by atoms with E-state index in [0.717, 1.165) is 29.7 Å². The minimum absolute atomic E-state index is 0.346. The molecule has 0 aliphatic carbocycles. The largest absolute Gasteiger partial charge is 0.457 e. The standard InChI is InChI=1S/C16H18ClN3O/c1-3-11-9-13(20(4-2)19-11)15(18)14-8-10-6-5-7-12(17)16(10)21-14/h5-9,15H,3-4,18H2,1-2H3. The molecule has 2 aromatic heterocycles. The van der Waals surface area contributed by atoms with Gasteiger partial charge in [-0.05, 0) is 31.5 Å². The second kappa shape index (κ2) is 5.54. The number of aryl methyl sites for hydroxylation is 2. The molecule has 0 saturated heterocycles. The van der Waals surface area contributed by atoms with Crippen LogP contribution in [0.2, 0.25) is 5.02 Å². The van der Waals surface area contributed by atoms with Crippen molar-refractivity contribution >= 4 is 22.6 Å². The van der Waals surface area contributed by atoms with Crippen molar-refractivity contribution in [1.82, 2.24) is 9.78 Å². The Kier molecular flexibility index (Phi) is 3.74. The van der Waals surface area contributed by atoms with Crippen LogP contribution in [0.3, 0.4) is 0 Å². The molecule has 1 atom stereocenters. The third kappa shape index (κ3) is 2.45. The summed E-state index contributed by atoms with van der Waals surface area (Å²) >= 11 is 6.15. The number of benzene rings is 1. The van der Waals surface area contributed by atoms with Crippen molar-refractivity contribution in [2.75, 3.05) is 0 Å². The summed E-state index contributed by atoms with van der Waals surface area (Å²) in [7, 11) is 0. The van der Waals surface area contributed by atoms with Gasteiger partial charge in [-0.15, -0.1) is 0 Å². The van der Waals surface area contributed by atoms with Crippen LogP contribution in [0.4, 0.5) is 0 Å². The molecule has 5 heteroatoms. The van der Waals surface area contributed by atoms with E-state index in [4.69, 9.17) is 21.8 Å². The van der Waals surface area contributed by atoms with Crippen LogP contribution >= 0.6 is 11.6 Å². The fraction of sp³-hybridized carbons (Fsp3) is 0.312. The summed E-state index contributed by atoms with van der Waals surface area (Å²) in [5.74, 6) is 0.704. The highest BCUT2D eigenvalue weighted by Crippen LogP contribution is 2.31. The van der Waals surface area contributed by atoms with Gasteiger partial charge in [0.05, 0.1) is 16.4 Å². The molecule has 1 unspecified atom stereocenters. The lowest BCUT2D eigenvalue weighted by Crippen LogP contribution is -2.16. The molecule has 2 N–H and O–H groups in total. The highest BCUT2D eigenvalue weighted by atomic mass is 35.5. The first-order valence-electron chi connectivity index (χ1n) is 7.14. The summed E-state index contributed by atoms with van der Waals surface area (Å²) in [6.07, 6.45) is 0.888. The molecule has 21 heavy (non-hydrogen) atoms. The molecule has 0 saturated carbocycles. The van der Waals surface area contributed by atoms with Gasteiger partial charge in [-0.1, -0.05) is 30.7 Å². The average Bonchev–Trinajstić information content (AvgIpc) is 3.11. The lowest BCUT2D eigenvalue weighted by molar-refractivity contribution is 0.500. The normalized spacial score (nSPS) is 13.0. The Labute approximate surface area is 128 Å². The molecule has 0 aliphatic heterocycles. The Morgan fingerprint density at radius 2 is 2.14 bits per heavy atom. The van der Waals surface area contributed by atoms with Crippen LogP contribution in [-0.4, -0.2) is 9.78 Å². The second-order valence-electron chi connectivity index (χ2n) is 5.01. The van der Waals surface area contributed by atoms with E-state index in [0.29, 0.717) is 16.4 Å². The first-order chi connectivity index (χ1) is 10.1. The van der Waals surface area contributed by atoms with E-state index in [1.54, 1.807) is 0 Å². The van der Waals surface area contributed by atoms with Gasteiger partial charge < -0.3 is 10.2 Å². The highest BCUT2D eigenvalue weighted by molar-refractivity contribution is 6.34. The SMILES string of the molecule is CCc1cc(C(N)c2cc3cccc(Cl)c3o2)n(CC)n1. The number of hydrogen-bond donors (Lipinski definition) is 1. The van der Waals surface area contributed by atoms with Crippen LogP contribution in [-0.2, 0) is 13.0 Å². The van der Waals surface area contributed by atoms with Gasteiger partial charge in [0.1, 0.15) is 11.8 Å². The quantitative estimate of drug-likeness (QED) is 0.795. The molecule has 3 rings (SSSR count). The number of nitrogens with two attached hydrogens (primary N) is 1. The molecule has 0 amide bonds. The van der Waals surface area contributed by atoms with Gasteiger partial charge in [0.25, 0.3) is 0 Å². The van der Waals surface area contributed by atoms with Crippen molar-refractivity contribution in [3.63, 3.8) is 0 Å². The number of hydrogen-bond acceptors (Lipinski definition) is 3. The number of fused-ring (bicyclic) bond motifs is 1. The maximum Gasteiger partial charge on any atom is 0.152 e. The summed E-state index contributed by atoms with van der Waals surface area (Å²) in [4.78, 5) is 0. The maximum absolute atomic E-state index is 6.38. The fourth-order valence-corrected chi connectivity index (χ4v) is 2.73. The lowest BCUT2D eigenvalue weighted by Gasteiger charge is -2.10. The number of nitrogens with zero attached hydrogens (tertiary/aromatic N) is 2. The first-order valence-corrected chi connectivity index (χ1v) is 7.52. The van der Waals surface area contributed by atoms with Crippen LogP contribution < -0.4 is 5.73 Å². The van der Waals surface area contributed by atoms with E-state index in [-0.39, 0.29) is 6.04 Å². The predicted octanol–water partition coefficient (Wildman–Crippen LogP) is 3.91. The van der Waals surface area contributed by atoms with Crippen LogP contribution in [0.25, 0.3) is 11.0 Å². The van der Waals surface area contributed by atoms with E-state index >= 15 is 0 Å². The second-order valence-corrected chi connectivity index (χ2v) is 5.42. The van der Waals surface area contributed by atoms with Crippen LogP contribution in [0.15, 0.2) is 34.7 Å². The smallest absolute Gasteiger partial charge is 0.152 e. The highest BCUT2D eigenvalue weighted by Gasteiger charge is 2.20. The molecular formula is C16H18ClN3O. The molecular weight excluding hydrogens is 286 g/mol. The van der Waals surface area contributed by atoms with Gasteiger partial charge >= 0.3 is 0 Å². The lowest BCUT2D eigenvalue weighted by atomic mass is 10.1. The minimum atomic E-state index is -0.346. The van der Waals surface area contributed by atoms with Crippen molar-refractivity contribution in [2.24, 2.45) is 5.73 Å².